The molecule has 0 spiro atoms. The molecule has 1 N–H and O–H groups in total. The standard InChI is InChI=1S/C14H19NO3/c1-17-14(16)13-8-7-12(9-15-13)18-10-11-5-3-2-4-6-11/h2-6,12-13,15H,7-10H2,1H3/t12-,13+/m1/s1. The second-order valence-electron chi connectivity index (χ2n) is 4.48. The van der Waals surface area contributed by atoms with Gasteiger partial charge in [-0.3, -0.25) is 4.79 Å². The summed E-state index contributed by atoms with van der Waals surface area (Å²) in [6, 6.07) is 9.93. The Labute approximate surface area is 107 Å². The van der Waals surface area contributed by atoms with Crippen LogP contribution in [0.2, 0.25) is 0 Å². The molecule has 1 aliphatic heterocycles. The predicted molar refractivity (Wildman–Crippen MR) is 68.1 cm³/mol. The van der Waals surface area contributed by atoms with E-state index in [1.54, 1.807) is 0 Å². The van der Waals surface area contributed by atoms with Gasteiger partial charge in [-0.05, 0) is 18.4 Å². The first-order valence-electron chi connectivity index (χ1n) is 6.26. The highest BCUT2D eigenvalue weighted by Crippen LogP contribution is 2.14. The fraction of sp³-hybridized carbons (Fsp3) is 0.500. The summed E-state index contributed by atoms with van der Waals surface area (Å²) in [5.41, 5.74) is 1.17. The summed E-state index contributed by atoms with van der Waals surface area (Å²) in [6.45, 7) is 1.32. The van der Waals surface area contributed by atoms with Gasteiger partial charge in [-0.15, -0.1) is 0 Å². The predicted octanol–water partition coefficient (Wildman–Crippen LogP) is 1.50. The van der Waals surface area contributed by atoms with Crippen LogP contribution < -0.4 is 5.32 Å². The third-order valence-corrected chi connectivity index (χ3v) is 3.18. The molecule has 18 heavy (non-hydrogen) atoms. The minimum Gasteiger partial charge on any atom is -0.468 e. The van der Waals surface area contributed by atoms with E-state index in [0.29, 0.717) is 13.2 Å². The third-order valence-electron chi connectivity index (χ3n) is 3.18. The summed E-state index contributed by atoms with van der Waals surface area (Å²) >= 11 is 0. The Balaban J connectivity index is 1.72. The average molecular weight is 249 g/mol. The zero-order valence-electron chi connectivity index (χ0n) is 10.6. The summed E-state index contributed by atoms with van der Waals surface area (Å²) in [5, 5.41) is 3.16. The van der Waals surface area contributed by atoms with Gasteiger partial charge in [0, 0.05) is 6.54 Å². The fourth-order valence-electron chi connectivity index (χ4n) is 2.10. The molecule has 2 atom stereocenters. The molecule has 4 nitrogen and oxygen atoms in total. The molecule has 1 aromatic rings. The maximum absolute atomic E-state index is 11.3. The number of rotatable bonds is 4. The van der Waals surface area contributed by atoms with Gasteiger partial charge in [0.1, 0.15) is 6.04 Å². The summed E-state index contributed by atoms with van der Waals surface area (Å²) < 4.78 is 10.5. The number of piperidine rings is 1. The number of carbonyl (C=O) groups is 1. The Morgan fingerprint density at radius 2 is 2.11 bits per heavy atom. The topological polar surface area (TPSA) is 47.6 Å². The molecule has 0 bridgehead atoms. The van der Waals surface area contributed by atoms with Crippen molar-refractivity contribution in [3.05, 3.63) is 35.9 Å². The van der Waals surface area contributed by atoms with E-state index in [1.165, 1.54) is 12.7 Å². The largest absolute Gasteiger partial charge is 0.468 e. The van der Waals surface area contributed by atoms with Crippen LogP contribution in [-0.2, 0) is 20.9 Å². The van der Waals surface area contributed by atoms with Crippen molar-refractivity contribution < 1.29 is 14.3 Å². The molecule has 0 amide bonds. The Kier molecular flexibility index (Phi) is 4.73. The lowest BCUT2D eigenvalue weighted by atomic mass is 10.0. The van der Waals surface area contributed by atoms with Crippen LogP contribution in [0.25, 0.3) is 0 Å². The van der Waals surface area contributed by atoms with Gasteiger partial charge in [0.25, 0.3) is 0 Å². The van der Waals surface area contributed by atoms with Gasteiger partial charge in [0.05, 0.1) is 19.8 Å². The van der Waals surface area contributed by atoms with Gasteiger partial charge in [-0.2, -0.15) is 0 Å². The Morgan fingerprint density at radius 1 is 1.33 bits per heavy atom. The molecule has 1 heterocycles. The lowest BCUT2D eigenvalue weighted by Gasteiger charge is -2.28. The molecular formula is C14H19NO3. The molecule has 1 fully saturated rings. The van der Waals surface area contributed by atoms with Crippen LogP contribution in [0.1, 0.15) is 18.4 Å². The Morgan fingerprint density at radius 3 is 2.72 bits per heavy atom. The molecule has 0 aliphatic carbocycles. The van der Waals surface area contributed by atoms with Crippen molar-refractivity contribution in [3.63, 3.8) is 0 Å². The van der Waals surface area contributed by atoms with E-state index in [-0.39, 0.29) is 18.1 Å². The smallest absolute Gasteiger partial charge is 0.322 e. The second-order valence-corrected chi connectivity index (χ2v) is 4.48. The molecular weight excluding hydrogens is 230 g/mol. The molecule has 0 saturated carbocycles. The van der Waals surface area contributed by atoms with Gasteiger partial charge >= 0.3 is 5.97 Å². The number of ether oxygens (including phenoxy) is 2. The normalized spacial score (nSPS) is 23.6. The highest BCUT2D eigenvalue weighted by Gasteiger charge is 2.26. The lowest BCUT2D eigenvalue weighted by Crippen LogP contribution is -2.47. The van der Waals surface area contributed by atoms with Crippen molar-refractivity contribution >= 4 is 5.97 Å². The molecule has 1 aliphatic rings. The lowest BCUT2D eigenvalue weighted by molar-refractivity contribution is -0.144. The van der Waals surface area contributed by atoms with E-state index in [4.69, 9.17) is 9.47 Å². The van der Waals surface area contributed by atoms with Crippen molar-refractivity contribution in [1.82, 2.24) is 5.32 Å². The van der Waals surface area contributed by atoms with E-state index in [2.05, 4.69) is 5.32 Å². The number of hydrogen-bond acceptors (Lipinski definition) is 4. The van der Waals surface area contributed by atoms with Crippen LogP contribution in [0.5, 0.6) is 0 Å². The van der Waals surface area contributed by atoms with Crippen molar-refractivity contribution in [2.75, 3.05) is 13.7 Å². The molecule has 2 rings (SSSR count). The van der Waals surface area contributed by atoms with Crippen molar-refractivity contribution in [3.8, 4) is 0 Å². The Hall–Kier alpha value is -1.39. The van der Waals surface area contributed by atoms with Crippen molar-refractivity contribution in [2.45, 2.75) is 31.6 Å². The monoisotopic (exact) mass is 249 g/mol. The highest BCUT2D eigenvalue weighted by atomic mass is 16.5. The third kappa shape index (κ3) is 3.55. The van der Waals surface area contributed by atoms with Crippen LogP contribution in [0.15, 0.2) is 30.3 Å². The molecule has 1 saturated heterocycles. The van der Waals surface area contributed by atoms with E-state index in [9.17, 15) is 4.79 Å². The van der Waals surface area contributed by atoms with Crippen LogP contribution in [0, 0.1) is 0 Å². The first-order valence-corrected chi connectivity index (χ1v) is 6.26. The maximum Gasteiger partial charge on any atom is 0.322 e. The highest BCUT2D eigenvalue weighted by molar-refractivity contribution is 5.75. The number of nitrogens with one attached hydrogen (secondary N) is 1. The second kappa shape index (κ2) is 6.52. The van der Waals surface area contributed by atoms with Gasteiger partial charge < -0.3 is 14.8 Å². The first kappa shape index (κ1) is 13.1. The van der Waals surface area contributed by atoms with Crippen molar-refractivity contribution in [1.29, 1.82) is 0 Å². The van der Waals surface area contributed by atoms with E-state index in [1.807, 2.05) is 30.3 Å². The molecule has 0 radical (unpaired) electrons. The summed E-state index contributed by atoms with van der Waals surface area (Å²) in [5.74, 6) is -0.184. The average Bonchev–Trinajstić information content (AvgIpc) is 2.46. The maximum atomic E-state index is 11.3. The zero-order chi connectivity index (χ0) is 12.8. The first-order chi connectivity index (χ1) is 8.79. The zero-order valence-corrected chi connectivity index (χ0v) is 10.6. The molecule has 4 heteroatoms. The number of esters is 1. The minimum atomic E-state index is -0.184. The van der Waals surface area contributed by atoms with E-state index >= 15 is 0 Å². The van der Waals surface area contributed by atoms with Gasteiger partial charge in [0.15, 0.2) is 0 Å². The van der Waals surface area contributed by atoms with Crippen LogP contribution in [-0.4, -0.2) is 31.8 Å². The van der Waals surface area contributed by atoms with E-state index in [0.717, 1.165) is 12.8 Å². The SMILES string of the molecule is COC(=O)[C@@H]1CC[C@@H](OCc2ccccc2)CN1. The van der Waals surface area contributed by atoms with Crippen molar-refractivity contribution in [2.24, 2.45) is 0 Å². The Bertz CT molecular complexity index is 372. The van der Waals surface area contributed by atoms with Gasteiger partial charge in [-0.25, -0.2) is 0 Å². The molecule has 0 aromatic heterocycles. The molecule has 1 aromatic carbocycles. The molecule has 0 unspecified atom stereocenters. The summed E-state index contributed by atoms with van der Waals surface area (Å²) in [4.78, 5) is 11.3. The van der Waals surface area contributed by atoms with Crippen LogP contribution in [0.3, 0.4) is 0 Å². The molecule has 98 valence electrons. The quantitative estimate of drug-likeness (QED) is 0.821. The van der Waals surface area contributed by atoms with E-state index < -0.39 is 0 Å². The van der Waals surface area contributed by atoms with Gasteiger partial charge in [-0.1, -0.05) is 30.3 Å². The summed E-state index contributed by atoms with van der Waals surface area (Å²) in [6.07, 6.45) is 1.83. The number of carbonyl (C=O) groups excluding carboxylic acids is 1. The number of hydrogen-bond donors (Lipinski definition) is 1. The minimum absolute atomic E-state index is 0.172. The summed E-state index contributed by atoms with van der Waals surface area (Å²) in [7, 11) is 1.42. The number of methoxy groups -OCH3 is 1. The van der Waals surface area contributed by atoms with Crippen LogP contribution in [0.4, 0.5) is 0 Å². The van der Waals surface area contributed by atoms with Gasteiger partial charge in [0.2, 0.25) is 0 Å². The number of benzene rings is 1. The fourth-order valence-corrected chi connectivity index (χ4v) is 2.10. The van der Waals surface area contributed by atoms with Crippen LogP contribution >= 0.6 is 0 Å².